The third kappa shape index (κ3) is 7.04. The van der Waals surface area contributed by atoms with Crippen LogP contribution in [0.2, 0.25) is 0 Å². The highest BCUT2D eigenvalue weighted by atomic mass is 16.6. The van der Waals surface area contributed by atoms with Crippen molar-refractivity contribution in [3.63, 3.8) is 0 Å². The number of amides is 3. The third-order valence-electron chi connectivity index (χ3n) is 2.80. The summed E-state index contributed by atoms with van der Waals surface area (Å²) in [5.41, 5.74) is 0.959. The first-order valence-corrected chi connectivity index (χ1v) is 7.68. The number of benzene rings is 1. The molecule has 6 heteroatoms. The Morgan fingerprint density at radius 2 is 1.83 bits per heavy atom. The summed E-state index contributed by atoms with van der Waals surface area (Å²) in [6, 6.07) is 7.15. The van der Waals surface area contributed by atoms with E-state index in [2.05, 4.69) is 10.6 Å². The number of nitrogens with one attached hydrogen (secondary N) is 2. The van der Waals surface area contributed by atoms with E-state index in [9.17, 15) is 9.59 Å². The number of carbonyl (C=O) groups is 2. The fourth-order valence-electron chi connectivity index (χ4n) is 1.86. The molecule has 0 aliphatic carbocycles. The number of urea groups is 1. The van der Waals surface area contributed by atoms with Crippen LogP contribution in [0.1, 0.15) is 40.2 Å². The molecule has 0 bridgehead atoms. The van der Waals surface area contributed by atoms with Gasteiger partial charge >= 0.3 is 12.1 Å². The van der Waals surface area contributed by atoms with Gasteiger partial charge in [-0.15, -0.1) is 0 Å². The second-order valence-corrected chi connectivity index (χ2v) is 6.75. The number of rotatable bonds is 4. The lowest BCUT2D eigenvalue weighted by molar-refractivity contribution is 0.0285. The number of anilines is 1. The Balaban J connectivity index is 2.77. The van der Waals surface area contributed by atoms with E-state index < -0.39 is 11.7 Å². The van der Waals surface area contributed by atoms with Crippen molar-refractivity contribution in [3.8, 4) is 0 Å². The summed E-state index contributed by atoms with van der Waals surface area (Å²) >= 11 is 0. The van der Waals surface area contributed by atoms with Gasteiger partial charge in [0.2, 0.25) is 0 Å². The highest BCUT2D eigenvalue weighted by molar-refractivity contribution is 5.90. The van der Waals surface area contributed by atoms with Crippen molar-refractivity contribution in [3.05, 3.63) is 29.8 Å². The number of hydrogen-bond acceptors (Lipinski definition) is 3. The second-order valence-electron chi connectivity index (χ2n) is 6.75. The van der Waals surface area contributed by atoms with Crippen molar-refractivity contribution in [2.75, 3.05) is 12.4 Å². The first-order chi connectivity index (χ1) is 10.6. The van der Waals surface area contributed by atoms with Crippen LogP contribution >= 0.6 is 0 Å². The maximum atomic E-state index is 12.0. The van der Waals surface area contributed by atoms with E-state index in [-0.39, 0.29) is 12.1 Å². The largest absolute Gasteiger partial charge is 0.444 e. The highest BCUT2D eigenvalue weighted by Gasteiger charge is 2.20. The summed E-state index contributed by atoms with van der Waals surface area (Å²) < 4.78 is 5.33. The van der Waals surface area contributed by atoms with Crippen LogP contribution in [0.3, 0.4) is 0 Å². The predicted molar refractivity (Wildman–Crippen MR) is 91.4 cm³/mol. The maximum Gasteiger partial charge on any atom is 0.410 e. The molecule has 2 N–H and O–H groups in total. The molecule has 23 heavy (non-hydrogen) atoms. The van der Waals surface area contributed by atoms with Crippen LogP contribution in [0.4, 0.5) is 15.3 Å². The van der Waals surface area contributed by atoms with Crippen LogP contribution in [0, 0.1) is 0 Å². The predicted octanol–water partition coefficient (Wildman–Crippen LogP) is 3.58. The van der Waals surface area contributed by atoms with Gasteiger partial charge in [0.25, 0.3) is 0 Å². The molecule has 1 aromatic rings. The number of para-hydroxylation sites is 1. The molecule has 0 saturated heterocycles. The zero-order valence-corrected chi connectivity index (χ0v) is 14.8. The quantitative estimate of drug-likeness (QED) is 0.890. The van der Waals surface area contributed by atoms with E-state index in [0.29, 0.717) is 12.2 Å². The van der Waals surface area contributed by atoms with Gasteiger partial charge in [0.1, 0.15) is 5.60 Å². The van der Waals surface area contributed by atoms with Gasteiger partial charge in [-0.25, -0.2) is 9.59 Å². The van der Waals surface area contributed by atoms with Gasteiger partial charge in [0, 0.05) is 18.8 Å². The molecule has 128 valence electrons. The van der Waals surface area contributed by atoms with Crippen molar-refractivity contribution in [2.45, 2.75) is 52.8 Å². The van der Waals surface area contributed by atoms with E-state index in [4.69, 9.17) is 4.74 Å². The van der Waals surface area contributed by atoms with Gasteiger partial charge in [-0.1, -0.05) is 18.2 Å². The first-order valence-electron chi connectivity index (χ1n) is 7.68. The number of ether oxygens (including phenoxy) is 1. The Bertz CT molecular complexity index is 550. The first kappa shape index (κ1) is 18.8. The third-order valence-corrected chi connectivity index (χ3v) is 2.80. The zero-order valence-electron chi connectivity index (χ0n) is 14.8. The normalized spacial score (nSPS) is 11.1. The van der Waals surface area contributed by atoms with Crippen LogP contribution in [0.5, 0.6) is 0 Å². The molecule has 0 saturated carbocycles. The van der Waals surface area contributed by atoms with Gasteiger partial charge in [0.15, 0.2) is 0 Å². The summed E-state index contributed by atoms with van der Waals surface area (Å²) in [6.45, 7) is 9.59. The minimum absolute atomic E-state index is 0.0478. The highest BCUT2D eigenvalue weighted by Crippen LogP contribution is 2.18. The molecule has 0 spiro atoms. The SMILES string of the molecule is CC(C)NC(=O)Nc1ccccc1CN(C)C(=O)OC(C)(C)C. The van der Waals surface area contributed by atoms with Crippen LogP contribution < -0.4 is 10.6 Å². The van der Waals surface area contributed by atoms with Gasteiger partial charge in [0.05, 0.1) is 6.54 Å². The van der Waals surface area contributed by atoms with E-state index in [1.807, 2.05) is 52.8 Å². The van der Waals surface area contributed by atoms with Gasteiger partial charge in [-0.3, -0.25) is 0 Å². The molecule has 0 radical (unpaired) electrons. The lowest BCUT2D eigenvalue weighted by Gasteiger charge is -2.25. The van der Waals surface area contributed by atoms with Crippen LogP contribution in [0.25, 0.3) is 0 Å². The zero-order chi connectivity index (χ0) is 17.6. The van der Waals surface area contributed by atoms with E-state index in [0.717, 1.165) is 5.56 Å². The molecular weight excluding hydrogens is 294 g/mol. The summed E-state index contributed by atoms with van der Waals surface area (Å²) in [5, 5.41) is 5.58. The van der Waals surface area contributed by atoms with E-state index in [1.165, 1.54) is 4.90 Å². The van der Waals surface area contributed by atoms with Crippen LogP contribution in [0.15, 0.2) is 24.3 Å². The number of carbonyl (C=O) groups excluding carboxylic acids is 2. The topological polar surface area (TPSA) is 70.7 Å². The minimum Gasteiger partial charge on any atom is -0.444 e. The maximum absolute atomic E-state index is 12.0. The average molecular weight is 321 g/mol. The van der Waals surface area contributed by atoms with Crippen molar-refractivity contribution < 1.29 is 14.3 Å². The Labute approximate surface area is 138 Å². The fraction of sp³-hybridized carbons (Fsp3) is 0.529. The summed E-state index contributed by atoms with van der Waals surface area (Å²) in [4.78, 5) is 25.4. The molecule has 6 nitrogen and oxygen atoms in total. The molecule has 0 unspecified atom stereocenters. The molecule has 0 fully saturated rings. The van der Waals surface area contributed by atoms with Gasteiger partial charge in [-0.05, 0) is 46.2 Å². The fourth-order valence-corrected chi connectivity index (χ4v) is 1.86. The van der Waals surface area contributed by atoms with Crippen molar-refractivity contribution in [1.82, 2.24) is 10.2 Å². The lowest BCUT2D eigenvalue weighted by Crippen LogP contribution is -2.35. The van der Waals surface area contributed by atoms with Gasteiger partial charge < -0.3 is 20.3 Å². The molecule has 1 aromatic carbocycles. The smallest absolute Gasteiger partial charge is 0.410 e. The standard InChI is InChI=1S/C17H27N3O3/c1-12(2)18-15(21)19-14-10-8-7-9-13(14)11-20(6)16(22)23-17(3,4)5/h7-10,12H,11H2,1-6H3,(H2,18,19,21). The van der Waals surface area contributed by atoms with Crippen molar-refractivity contribution in [1.29, 1.82) is 0 Å². The molecule has 0 aliphatic heterocycles. The molecule has 3 amide bonds. The molecular formula is C17H27N3O3. The Morgan fingerprint density at radius 3 is 2.39 bits per heavy atom. The second kappa shape index (κ2) is 7.85. The monoisotopic (exact) mass is 321 g/mol. The lowest BCUT2D eigenvalue weighted by atomic mass is 10.1. The molecule has 0 aromatic heterocycles. The average Bonchev–Trinajstić information content (AvgIpc) is 2.37. The van der Waals surface area contributed by atoms with Crippen LogP contribution in [-0.2, 0) is 11.3 Å². The minimum atomic E-state index is -0.541. The summed E-state index contributed by atoms with van der Waals surface area (Å²) in [5.74, 6) is 0. The van der Waals surface area contributed by atoms with Crippen LogP contribution in [-0.4, -0.2) is 35.7 Å². The van der Waals surface area contributed by atoms with Crippen molar-refractivity contribution in [2.24, 2.45) is 0 Å². The number of hydrogen-bond donors (Lipinski definition) is 2. The molecule has 0 heterocycles. The Morgan fingerprint density at radius 1 is 1.22 bits per heavy atom. The van der Waals surface area contributed by atoms with E-state index >= 15 is 0 Å². The summed E-state index contributed by atoms with van der Waals surface area (Å²) in [6.07, 6.45) is -0.404. The Kier molecular flexibility index (Phi) is 6.42. The molecule has 0 atom stereocenters. The van der Waals surface area contributed by atoms with E-state index in [1.54, 1.807) is 13.1 Å². The summed E-state index contributed by atoms with van der Waals surface area (Å²) in [7, 11) is 1.67. The number of nitrogens with zero attached hydrogens (tertiary/aromatic N) is 1. The molecule has 0 aliphatic rings. The van der Waals surface area contributed by atoms with Crippen molar-refractivity contribution >= 4 is 17.8 Å². The molecule has 1 rings (SSSR count). The van der Waals surface area contributed by atoms with Gasteiger partial charge in [-0.2, -0.15) is 0 Å². The Hall–Kier alpha value is -2.24.